The van der Waals surface area contributed by atoms with Crippen molar-refractivity contribution >= 4 is 8.32 Å². The van der Waals surface area contributed by atoms with Gasteiger partial charge >= 0.3 is 0 Å². The van der Waals surface area contributed by atoms with E-state index >= 15 is 0 Å². The molecule has 0 aliphatic heterocycles. The third kappa shape index (κ3) is 6.66. The second-order valence-corrected chi connectivity index (χ2v) is 18.9. The van der Waals surface area contributed by atoms with Crippen LogP contribution in [0, 0.1) is 35.5 Å². The van der Waals surface area contributed by atoms with Crippen LogP contribution in [0.4, 0.5) is 0 Å². The van der Waals surface area contributed by atoms with E-state index in [1.165, 1.54) is 0 Å². The van der Waals surface area contributed by atoms with Crippen molar-refractivity contribution in [2.75, 3.05) is 6.61 Å². The minimum atomic E-state index is -1.82. The molecular weight excluding hydrogens is 468 g/mol. The molecule has 0 spiro atoms. The smallest absolute Gasteiger partial charge is 0.192 e. The summed E-state index contributed by atoms with van der Waals surface area (Å²) < 4.78 is 6.84. The maximum absolute atomic E-state index is 11.5. The van der Waals surface area contributed by atoms with E-state index in [-0.39, 0.29) is 29.6 Å². The van der Waals surface area contributed by atoms with Crippen LogP contribution >= 0.6 is 0 Å². The van der Waals surface area contributed by atoms with Crippen LogP contribution in [-0.2, 0) is 4.43 Å². The number of fused-ring (bicyclic) bond motifs is 3. The minimum Gasteiger partial charge on any atom is -0.414 e. The second-order valence-electron chi connectivity index (χ2n) is 14.1. The summed E-state index contributed by atoms with van der Waals surface area (Å²) in [7, 11) is -1.82. The van der Waals surface area contributed by atoms with Crippen molar-refractivity contribution in [3.05, 3.63) is 12.2 Å². The van der Waals surface area contributed by atoms with Gasteiger partial charge in [0.25, 0.3) is 0 Å². The Morgan fingerprint density at radius 1 is 1.00 bits per heavy atom. The van der Waals surface area contributed by atoms with Gasteiger partial charge in [-0.2, -0.15) is 0 Å². The molecular formula is C30H56O5Si. The molecule has 0 aromatic carbocycles. The zero-order valence-electron chi connectivity index (χ0n) is 24.1. The van der Waals surface area contributed by atoms with Gasteiger partial charge in [0.15, 0.2) is 8.32 Å². The van der Waals surface area contributed by atoms with Crippen LogP contribution in [0.3, 0.4) is 0 Å². The van der Waals surface area contributed by atoms with E-state index in [4.69, 9.17) is 4.43 Å². The first kappa shape index (κ1) is 30.3. The molecule has 0 unspecified atom stereocenters. The van der Waals surface area contributed by atoms with Gasteiger partial charge in [-0.15, -0.1) is 0 Å². The number of allylic oxidation sites excluding steroid dienone is 2. The van der Waals surface area contributed by atoms with E-state index in [0.29, 0.717) is 42.6 Å². The fourth-order valence-corrected chi connectivity index (χ4v) is 8.70. The van der Waals surface area contributed by atoms with Crippen LogP contribution in [-0.4, -0.2) is 59.3 Å². The highest BCUT2D eigenvalue weighted by Crippen LogP contribution is 2.58. The SMILES string of the molecule is CC[C@H](O)CCCC[C@](C)(O)[C@H](O)[C@H]1C[C@@H]2[C@@H](C=C[C@@H]3C[C@@H](O[Si](C)(C)C(C)(C)C)C[C@@H]23)[C@@H]1CCO. The zero-order chi connectivity index (χ0) is 26.9. The first-order valence-corrected chi connectivity index (χ1v) is 17.7. The predicted octanol–water partition coefficient (Wildman–Crippen LogP) is 5.67. The molecule has 2 saturated carbocycles. The third-order valence-electron chi connectivity index (χ3n) is 10.5. The van der Waals surface area contributed by atoms with Gasteiger partial charge < -0.3 is 24.9 Å². The van der Waals surface area contributed by atoms with E-state index in [1.807, 2.05) is 6.92 Å². The Kier molecular flexibility index (Phi) is 9.99. The number of aliphatic hydroxyl groups is 4. The summed E-state index contributed by atoms with van der Waals surface area (Å²) in [5.74, 6) is 2.14. The fourth-order valence-electron chi connectivity index (χ4n) is 7.32. The van der Waals surface area contributed by atoms with Crippen LogP contribution in [0.25, 0.3) is 0 Å². The van der Waals surface area contributed by atoms with Crippen LogP contribution < -0.4 is 0 Å². The van der Waals surface area contributed by atoms with Gasteiger partial charge in [0.2, 0.25) is 0 Å². The van der Waals surface area contributed by atoms with Crippen LogP contribution in [0.1, 0.15) is 92.4 Å². The first-order chi connectivity index (χ1) is 16.7. The van der Waals surface area contributed by atoms with Gasteiger partial charge in [-0.3, -0.25) is 0 Å². The standard InChI is InChI=1S/C30H56O5Si/c1-8-21(32)11-9-10-15-30(5,34)28(33)27-19-26-23(24(27)14-16-31)13-12-20-17-22(18-25(20)26)35-36(6,7)29(2,3)4/h12-13,20-28,31-34H,8-11,14-19H2,1-7H3/t20-,21+,22-,23+,24+,25-,26-,27+,28-,30+/m1/s1. The van der Waals surface area contributed by atoms with Crippen molar-refractivity contribution in [1.29, 1.82) is 0 Å². The molecule has 0 aromatic heterocycles. The van der Waals surface area contributed by atoms with E-state index < -0.39 is 20.0 Å². The molecule has 0 aromatic rings. The molecule has 10 atom stereocenters. The summed E-state index contributed by atoms with van der Waals surface area (Å²) in [6.07, 6.45) is 11.5. The minimum absolute atomic E-state index is 0.00728. The van der Waals surface area contributed by atoms with Crippen molar-refractivity contribution < 1.29 is 24.9 Å². The summed E-state index contributed by atoms with van der Waals surface area (Å²) in [6, 6.07) is 0. The Balaban J connectivity index is 1.68. The third-order valence-corrected chi connectivity index (χ3v) is 15.1. The van der Waals surface area contributed by atoms with Gasteiger partial charge in [-0.1, -0.05) is 52.7 Å². The number of unbranched alkanes of at least 4 members (excludes halogenated alkanes) is 1. The van der Waals surface area contributed by atoms with Crippen molar-refractivity contribution in [1.82, 2.24) is 0 Å². The molecule has 0 saturated heterocycles. The summed E-state index contributed by atoms with van der Waals surface area (Å²) in [6.45, 7) is 15.5. The lowest BCUT2D eigenvalue weighted by Gasteiger charge is -2.38. The lowest BCUT2D eigenvalue weighted by molar-refractivity contribution is -0.104. The van der Waals surface area contributed by atoms with Gasteiger partial charge in [-0.05, 0) is 106 Å². The van der Waals surface area contributed by atoms with E-state index in [0.717, 1.165) is 44.9 Å². The maximum Gasteiger partial charge on any atom is 0.192 e. The van der Waals surface area contributed by atoms with E-state index in [9.17, 15) is 20.4 Å². The van der Waals surface area contributed by atoms with Crippen molar-refractivity contribution in [2.45, 2.75) is 134 Å². The highest BCUT2D eigenvalue weighted by molar-refractivity contribution is 6.74. The molecule has 0 amide bonds. The van der Waals surface area contributed by atoms with E-state index in [1.54, 1.807) is 6.92 Å². The second kappa shape index (κ2) is 11.9. The molecule has 0 heterocycles. The van der Waals surface area contributed by atoms with Gasteiger partial charge in [0.05, 0.1) is 17.8 Å². The lowest BCUT2D eigenvalue weighted by atomic mass is 9.71. The number of rotatable bonds is 12. The molecule has 3 aliphatic rings. The largest absolute Gasteiger partial charge is 0.414 e. The number of hydrogen-bond donors (Lipinski definition) is 4. The predicted molar refractivity (Wildman–Crippen MR) is 149 cm³/mol. The zero-order valence-corrected chi connectivity index (χ0v) is 25.1. The normalized spacial score (nSPS) is 35.8. The number of aliphatic hydroxyl groups excluding tert-OH is 3. The Bertz CT molecular complexity index is 729. The monoisotopic (exact) mass is 524 g/mol. The Hall–Kier alpha value is -0.243. The average Bonchev–Trinajstić information content (AvgIpc) is 3.36. The summed E-state index contributed by atoms with van der Waals surface area (Å²) in [4.78, 5) is 0. The van der Waals surface area contributed by atoms with Crippen molar-refractivity contribution in [2.24, 2.45) is 35.5 Å². The van der Waals surface area contributed by atoms with Crippen molar-refractivity contribution in [3.63, 3.8) is 0 Å². The van der Waals surface area contributed by atoms with Gasteiger partial charge in [0, 0.05) is 12.7 Å². The maximum atomic E-state index is 11.5. The molecule has 2 fully saturated rings. The summed E-state index contributed by atoms with van der Waals surface area (Å²) >= 11 is 0. The van der Waals surface area contributed by atoms with Gasteiger partial charge in [-0.25, -0.2) is 0 Å². The quantitative estimate of drug-likeness (QED) is 0.150. The number of hydrogen-bond acceptors (Lipinski definition) is 5. The Labute approximate surface area is 221 Å². The average molecular weight is 525 g/mol. The summed E-state index contributed by atoms with van der Waals surface area (Å²) in [5, 5.41) is 42.7. The van der Waals surface area contributed by atoms with Gasteiger partial charge in [0.1, 0.15) is 0 Å². The molecule has 210 valence electrons. The molecule has 6 heteroatoms. The molecule has 3 rings (SSSR count). The van der Waals surface area contributed by atoms with Crippen LogP contribution in [0.15, 0.2) is 12.2 Å². The highest BCUT2D eigenvalue weighted by Gasteiger charge is 2.55. The molecule has 0 bridgehead atoms. The first-order valence-electron chi connectivity index (χ1n) is 14.8. The molecule has 0 radical (unpaired) electrons. The molecule has 36 heavy (non-hydrogen) atoms. The molecule has 4 N–H and O–H groups in total. The topological polar surface area (TPSA) is 90.2 Å². The molecule has 5 nitrogen and oxygen atoms in total. The van der Waals surface area contributed by atoms with E-state index in [2.05, 4.69) is 46.0 Å². The Morgan fingerprint density at radius 2 is 1.69 bits per heavy atom. The van der Waals surface area contributed by atoms with Crippen LogP contribution in [0.5, 0.6) is 0 Å². The Morgan fingerprint density at radius 3 is 2.31 bits per heavy atom. The van der Waals surface area contributed by atoms with Crippen LogP contribution in [0.2, 0.25) is 18.1 Å². The van der Waals surface area contributed by atoms with Crippen molar-refractivity contribution in [3.8, 4) is 0 Å². The lowest BCUT2D eigenvalue weighted by Crippen LogP contribution is -2.45. The molecule has 3 aliphatic carbocycles. The summed E-state index contributed by atoms with van der Waals surface area (Å²) in [5.41, 5.74) is -1.16. The fraction of sp³-hybridized carbons (Fsp3) is 0.933. The highest BCUT2D eigenvalue weighted by atomic mass is 28.4.